The molecule has 0 spiro atoms. The van der Waals surface area contributed by atoms with Crippen LogP contribution in [0.5, 0.6) is 0 Å². The Bertz CT molecular complexity index is 1020. The summed E-state index contributed by atoms with van der Waals surface area (Å²) in [7, 11) is 0. The number of nitrogens with one attached hydrogen (secondary N) is 2. The van der Waals surface area contributed by atoms with E-state index in [1.54, 1.807) is 24.3 Å². The van der Waals surface area contributed by atoms with Gasteiger partial charge in [-0.3, -0.25) is 9.59 Å². The molecule has 1 heterocycles. The van der Waals surface area contributed by atoms with Crippen LogP contribution in [0.1, 0.15) is 18.1 Å². The molecule has 3 rings (SSSR count). The fraction of sp³-hybridized carbons (Fsp3) is 0.190. The second-order valence-corrected chi connectivity index (χ2v) is 7.37. The van der Waals surface area contributed by atoms with Crippen molar-refractivity contribution in [2.75, 3.05) is 16.4 Å². The third-order valence-corrected chi connectivity index (χ3v) is 5.01. The Morgan fingerprint density at radius 3 is 2.48 bits per heavy atom. The minimum Gasteiger partial charge on any atom is -0.326 e. The van der Waals surface area contributed by atoms with Crippen molar-refractivity contribution in [2.24, 2.45) is 0 Å². The molecule has 0 unspecified atom stereocenters. The van der Waals surface area contributed by atoms with Gasteiger partial charge >= 0.3 is 0 Å². The third kappa shape index (κ3) is 5.08. The summed E-state index contributed by atoms with van der Waals surface area (Å²) in [5.74, 6) is -0.0116. The van der Waals surface area contributed by atoms with Crippen molar-refractivity contribution in [1.82, 2.24) is 4.98 Å². The number of benzene rings is 2. The maximum Gasteiger partial charge on any atom is 0.234 e. The molecule has 0 aliphatic rings. The van der Waals surface area contributed by atoms with Crippen LogP contribution in [0.25, 0.3) is 10.9 Å². The first-order valence-electron chi connectivity index (χ1n) is 8.59. The number of aryl methyl sites for hydroxylation is 2. The molecule has 0 radical (unpaired) electrons. The van der Waals surface area contributed by atoms with Crippen molar-refractivity contribution in [3.8, 4) is 0 Å². The molecule has 27 heavy (non-hydrogen) atoms. The number of rotatable bonds is 5. The second-order valence-electron chi connectivity index (χ2n) is 6.41. The van der Waals surface area contributed by atoms with Crippen LogP contribution in [0.3, 0.4) is 0 Å². The number of fused-ring (bicyclic) bond motifs is 1. The van der Waals surface area contributed by atoms with Gasteiger partial charge in [0, 0.05) is 23.7 Å². The minimum absolute atomic E-state index is 0.120. The molecule has 2 N–H and O–H groups in total. The summed E-state index contributed by atoms with van der Waals surface area (Å²) in [5, 5.41) is 7.51. The molecule has 1 aromatic heterocycles. The van der Waals surface area contributed by atoms with Crippen LogP contribution in [0.4, 0.5) is 11.4 Å². The van der Waals surface area contributed by atoms with E-state index >= 15 is 0 Å². The third-order valence-electron chi connectivity index (χ3n) is 3.92. The van der Waals surface area contributed by atoms with E-state index in [1.807, 2.05) is 19.1 Å². The molecule has 0 bridgehead atoms. The van der Waals surface area contributed by atoms with Gasteiger partial charge < -0.3 is 10.6 Å². The Balaban J connectivity index is 1.65. The van der Waals surface area contributed by atoms with Gasteiger partial charge in [-0.2, -0.15) is 0 Å². The lowest BCUT2D eigenvalue weighted by Gasteiger charge is -2.09. The summed E-state index contributed by atoms with van der Waals surface area (Å²) in [5.41, 5.74) is 4.47. The van der Waals surface area contributed by atoms with Gasteiger partial charge in [-0.05, 0) is 55.8 Å². The molecule has 138 valence electrons. The van der Waals surface area contributed by atoms with Crippen molar-refractivity contribution in [3.05, 3.63) is 59.7 Å². The van der Waals surface area contributed by atoms with Gasteiger partial charge in [0.25, 0.3) is 0 Å². The van der Waals surface area contributed by atoms with Gasteiger partial charge in [-0.1, -0.05) is 29.5 Å². The summed E-state index contributed by atoms with van der Waals surface area (Å²) in [6.07, 6.45) is 0. The predicted octanol–water partition coefficient (Wildman–Crippen LogP) is 4.54. The normalized spacial score (nSPS) is 10.6. The van der Waals surface area contributed by atoms with Gasteiger partial charge in [0.05, 0.1) is 11.3 Å². The lowest BCUT2D eigenvalue weighted by Crippen LogP contribution is -2.14. The molecule has 0 atom stereocenters. The standard InChI is InChI=1S/C21H21N3O2S/c1-13-7-8-19-16(9-13)10-14(2)21(24-19)27-12-20(26)23-18-6-4-5-17(11-18)22-15(3)25/h4-11H,12H2,1-3H3,(H,22,25)(H,23,26). The van der Waals surface area contributed by atoms with E-state index < -0.39 is 0 Å². The Kier molecular flexibility index (Phi) is 5.76. The van der Waals surface area contributed by atoms with E-state index in [-0.39, 0.29) is 17.6 Å². The highest BCUT2D eigenvalue weighted by molar-refractivity contribution is 8.00. The number of pyridine rings is 1. The first kappa shape index (κ1) is 18.9. The van der Waals surface area contributed by atoms with Crippen LogP contribution in [0.15, 0.2) is 53.6 Å². The maximum absolute atomic E-state index is 12.3. The zero-order valence-corrected chi connectivity index (χ0v) is 16.3. The van der Waals surface area contributed by atoms with E-state index in [4.69, 9.17) is 0 Å². The molecule has 6 heteroatoms. The molecule has 5 nitrogen and oxygen atoms in total. The number of aromatic nitrogens is 1. The molecule has 0 saturated heterocycles. The number of thioether (sulfide) groups is 1. The molecule has 0 aliphatic carbocycles. The Labute approximate surface area is 162 Å². The van der Waals surface area contributed by atoms with Crippen LogP contribution >= 0.6 is 11.8 Å². The summed E-state index contributed by atoms with van der Waals surface area (Å²) < 4.78 is 0. The van der Waals surface area contributed by atoms with Crippen molar-refractivity contribution >= 4 is 45.9 Å². The number of hydrogen-bond acceptors (Lipinski definition) is 4. The van der Waals surface area contributed by atoms with Gasteiger partial charge in [-0.15, -0.1) is 0 Å². The van der Waals surface area contributed by atoms with Crippen LogP contribution in [0, 0.1) is 13.8 Å². The number of nitrogens with zero attached hydrogens (tertiary/aromatic N) is 1. The molecule has 3 aromatic rings. The molecule has 2 aromatic carbocycles. The summed E-state index contributed by atoms with van der Waals surface area (Å²) in [6, 6.07) is 15.3. The van der Waals surface area contributed by atoms with Crippen LogP contribution in [-0.4, -0.2) is 22.6 Å². The summed E-state index contributed by atoms with van der Waals surface area (Å²) in [6.45, 7) is 5.51. The monoisotopic (exact) mass is 379 g/mol. The van der Waals surface area contributed by atoms with Crippen LogP contribution in [-0.2, 0) is 9.59 Å². The number of anilines is 2. The molecule has 2 amide bonds. The SMILES string of the molecule is CC(=O)Nc1cccc(NC(=O)CSc2nc3ccc(C)cc3cc2C)c1. The zero-order chi connectivity index (χ0) is 19.4. The Morgan fingerprint density at radius 2 is 1.74 bits per heavy atom. The van der Waals surface area contributed by atoms with Gasteiger partial charge in [0.1, 0.15) is 5.03 Å². The van der Waals surface area contributed by atoms with Crippen LogP contribution in [0.2, 0.25) is 0 Å². The smallest absolute Gasteiger partial charge is 0.234 e. The average Bonchev–Trinajstić information content (AvgIpc) is 2.59. The number of carbonyl (C=O) groups excluding carboxylic acids is 2. The van der Waals surface area contributed by atoms with E-state index in [9.17, 15) is 9.59 Å². The van der Waals surface area contributed by atoms with Crippen molar-refractivity contribution in [1.29, 1.82) is 0 Å². The number of carbonyl (C=O) groups is 2. The summed E-state index contributed by atoms with van der Waals surface area (Å²) >= 11 is 1.42. The highest BCUT2D eigenvalue weighted by atomic mass is 32.2. The molecular weight excluding hydrogens is 358 g/mol. The molecule has 0 aliphatic heterocycles. The minimum atomic E-state index is -0.151. The van der Waals surface area contributed by atoms with Gasteiger partial charge in [0.15, 0.2) is 0 Å². The highest BCUT2D eigenvalue weighted by Crippen LogP contribution is 2.25. The Hall–Kier alpha value is -2.86. The fourth-order valence-electron chi connectivity index (χ4n) is 2.74. The quantitative estimate of drug-likeness (QED) is 0.639. The second kappa shape index (κ2) is 8.22. The average molecular weight is 379 g/mol. The maximum atomic E-state index is 12.3. The first-order chi connectivity index (χ1) is 12.9. The van der Waals surface area contributed by atoms with E-state index in [0.717, 1.165) is 21.5 Å². The zero-order valence-electron chi connectivity index (χ0n) is 15.5. The lowest BCUT2D eigenvalue weighted by atomic mass is 10.1. The van der Waals surface area contributed by atoms with Gasteiger partial charge in [0.2, 0.25) is 11.8 Å². The van der Waals surface area contributed by atoms with Crippen molar-refractivity contribution in [2.45, 2.75) is 25.8 Å². The molecule has 0 fully saturated rings. The molecular formula is C21H21N3O2S. The molecule has 0 saturated carbocycles. The number of hydrogen-bond donors (Lipinski definition) is 2. The summed E-state index contributed by atoms with van der Waals surface area (Å²) in [4.78, 5) is 28.1. The Morgan fingerprint density at radius 1 is 1.00 bits per heavy atom. The van der Waals surface area contributed by atoms with E-state index in [2.05, 4.69) is 34.7 Å². The van der Waals surface area contributed by atoms with E-state index in [1.165, 1.54) is 24.2 Å². The van der Waals surface area contributed by atoms with Crippen LogP contribution < -0.4 is 10.6 Å². The predicted molar refractivity (Wildman–Crippen MR) is 111 cm³/mol. The van der Waals surface area contributed by atoms with E-state index in [0.29, 0.717) is 11.4 Å². The van der Waals surface area contributed by atoms with Crippen molar-refractivity contribution in [3.63, 3.8) is 0 Å². The number of amides is 2. The van der Waals surface area contributed by atoms with Gasteiger partial charge in [-0.25, -0.2) is 4.98 Å². The highest BCUT2D eigenvalue weighted by Gasteiger charge is 2.09. The fourth-order valence-corrected chi connectivity index (χ4v) is 3.53. The topological polar surface area (TPSA) is 71.1 Å². The lowest BCUT2D eigenvalue weighted by molar-refractivity contribution is -0.114. The van der Waals surface area contributed by atoms with Crippen molar-refractivity contribution < 1.29 is 9.59 Å². The first-order valence-corrected chi connectivity index (χ1v) is 9.57. The largest absolute Gasteiger partial charge is 0.326 e.